The average molecular weight is 383 g/mol. The maximum absolute atomic E-state index is 11.7. The number of para-hydroxylation sites is 1. The number of hydrogen-bond acceptors (Lipinski definition) is 5. The Morgan fingerprint density at radius 2 is 1.91 bits per heavy atom. The fraction of sp³-hybridized carbons (Fsp3) is 0.143. The van der Waals surface area contributed by atoms with Crippen LogP contribution in [-0.2, 0) is 10.0 Å². The van der Waals surface area contributed by atoms with Crippen LogP contribution in [-0.4, -0.2) is 14.7 Å². The fourth-order valence-electron chi connectivity index (χ4n) is 2.56. The summed E-state index contributed by atoms with van der Waals surface area (Å²) in [5, 5.41) is 8.40. The van der Waals surface area contributed by atoms with Crippen molar-refractivity contribution in [1.29, 1.82) is 0 Å². The Balaban J connectivity index is 2.21. The van der Waals surface area contributed by atoms with Crippen LogP contribution in [0.1, 0.15) is 5.56 Å². The van der Waals surface area contributed by atoms with Gasteiger partial charge in [-0.25, -0.2) is 13.6 Å². The van der Waals surface area contributed by atoms with Crippen molar-refractivity contribution >= 4 is 43.0 Å². The SMILES string of the molecule is Cc1ccccc1N1c2cc(S(N)(=O)=O)c(Br)cc2NC1N. The van der Waals surface area contributed by atoms with Gasteiger partial charge in [-0.05, 0) is 46.6 Å². The van der Waals surface area contributed by atoms with Crippen molar-refractivity contribution in [3.8, 4) is 0 Å². The number of anilines is 3. The molecule has 1 unspecified atom stereocenters. The number of nitrogens with one attached hydrogen (secondary N) is 1. The van der Waals surface area contributed by atoms with Gasteiger partial charge in [0.15, 0.2) is 6.29 Å². The Morgan fingerprint density at radius 1 is 1.23 bits per heavy atom. The highest BCUT2D eigenvalue weighted by atomic mass is 79.9. The molecule has 0 aromatic heterocycles. The smallest absolute Gasteiger partial charge is 0.239 e. The molecule has 2 aromatic carbocycles. The molecule has 0 bridgehead atoms. The van der Waals surface area contributed by atoms with Crippen molar-refractivity contribution in [2.45, 2.75) is 18.1 Å². The van der Waals surface area contributed by atoms with Crippen LogP contribution in [0.25, 0.3) is 0 Å². The summed E-state index contributed by atoms with van der Waals surface area (Å²) >= 11 is 3.24. The van der Waals surface area contributed by atoms with E-state index in [2.05, 4.69) is 21.2 Å². The Bertz CT molecular complexity index is 854. The highest BCUT2D eigenvalue weighted by Gasteiger charge is 2.30. The summed E-state index contributed by atoms with van der Waals surface area (Å²) in [6.45, 7) is 1.97. The number of fused-ring (bicyclic) bond motifs is 1. The van der Waals surface area contributed by atoms with E-state index in [-0.39, 0.29) is 4.90 Å². The lowest BCUT2D eigenvalue weighted by molar-refractivity contribution is 0.597. The summed E-state index contributed by atoms with van der Waals surface area (Å²) in [6.07, 6.45) is -0.487. The number of benzene rings is 2. The van der Waals surface area contributed by atoms with E-state index in [0.29, 0.717) is 10.2 Å². The molecule has 0 saturated carbocycles. The van der Waals surface area contributed by atoms with Gasteiger partial charge in [0.25, 0.3) is 0 Å². The van der Waals surface area contributed by atoms with Crippen LogP contribution in [0.15, 0.2) is 45.8 Å². The summed E-state index contributed by atoms with van der Waals surface area (Å²) in [7, 11) is -3.83. The lowest BCUT2D eigenvalue weighted by Gasteiger charge is -2.25. The minimum atomic E-state index is -3.83. The highest BCUT2D eigenvalue weighted by molar-refractivity contribution is 9.10. The van der Waals surface area contributed by atoms with Gasteiger partial charge in [0.1, 0.15) is 0 Å². The second-order valence-electron chi connectivity index (χ2n) is 5.09. The van der Waals surface area contributed by atoms with E-state index in [1.165, 1.54) is 6.07 Å². The van der Waals surface area contributed by atoms with Gasteiger partial charge in [0, 0.05) is 10.2 Å². The molecule has 1 aliphatic heterocycles. The highest BCUT2D eigenvalue weighted by Crippen LogP contribution is 2.43. The second kappa shape index (κ2) is 5.24. The summed E-state index contributed by atoms with van der Waals surface area (Å²) in [5.41, 5.74) is 9.52. The minimum absolute atomic E-state index is 0.0285. The average Bonchev–Trinajstić information content (AvgIpc) is 2.72. The summed E-state index contributed by atoms with van der Waals surface area (Å²) in [4.78, 5) is 1.88. The number of hydrogen-bond donors (Lipinski definition) is 3. The zero-order valence-corrected chi connectivity index (χ0v) is 14.1. The first-order valence-electron chi connectivity index (χ1n) is 6.52. The zero-order chi connectivity index (χ0) is 16.1. The maximum atomic E-state index is 11.7. The van der Waals surface area contributed by atoms with Gasteiger partial charge < -0.3 is 10.2 Å². The lowest BCUT2D eigenvalue weighted by Crippen LogP contribution is -2.40. The molecule has 6 nitrogen and oxygen atoms in total. The molecule has 22 heavy (non-hydrogen) atoms. The summed E-state index contributed by atoms with van der Waals surface area (Å²) in [6, 6.07) is 11.0. The van der Waals surface area contributed by atoms with Crippen molar-refractivity contribution < 1.29 is 8.42 Å². The number of sulfonamides is 1. The fourth-order valence-corrected chi connectivity index (χ4v) is 4.19. The van der Waals surface area contributed by atoms with E-state index in [1.54, 1.807) is 6.07 Å². The third-order valence-corrected chi connectivity index (χ3v) is 5.44. The Labute approximate surface area is 137 Å². The number of nitrogens with zero attached hydrogens (tertiary/aromatic N) is 1. The molecule has 0 aliphatic carbocycles. The van der Waals surface area contributed by atoms with Crippen LogP contribution in [0.3, 0.4) is 0 Å². The van der Waals surface area contributed by atoms with Crippen LogP contribution < -0.4 is 21.1 Å². The predicted molar refractivity (Wildman–Crippen MR) is 90.4 cm³/mol. The molecule has 0 spiro atoms. The molecule has 116 valence electrons. The Kier molecular flexibility index (Phi) is 3.64. The molecular weight excluding hydrogens is 368 g/mol. The number of halogens is 1. The monoisotopic (exact) mass is 382 g/mol. The predicted octanol–water partition coefficient (Wildman–Crippen LogP) is 2.21. The molecule has 1 atom stereocenters. The van der Waals surface area contributed by atoms with Crippen molar-refractivity contribution in [2.75, 3.05) is 10.2 Å². The van der Waals surface area contributed by atoms with Gasteiger partial charge in [0.05, 0.1) is 16.3 Å². The number of aryl methyl sites for hydroxylation is 1. The third kappa shape index (κ3) is 2.48. The molecule has 0 saturated heterocycles. The van der Waals surface area contributed by atoms with E-state index < -0.39 is 16.3 Å². The van der Waals surface area contributed by atoms with Gasteiger partial charge in [-0.1, -0.05) is 18.2 Å². The van der Waals surface area contributed by atoms with Crippen LogP contribution in [0.4, 0.5) is 17.1 Å². The second-order valence-corrected chi connectivity index (χ2v) is 7.47. The van der Waals surface area contributed by atoms with Crippen LogP contribution >= 0.6 is 15.9 Å². The van der Waals surface area contributed by atoms with Crippen molar-refractivity contribution in [3.05, 3.63) is 46.4 Å². The first-order valence-corrected chi connectivity index (χ1v) is 8.86. The van der Waals surface area contributed by atoms with E-state index in [4.69, 9.17) is 10.9 Å². The van der Waals surface area contributed by atoms with Crippen molar-refractivity contribution in [3.63, 3.8) is 0 Å². The Hall–Kier alpha value is -1.61. The molecule has 8 heteroatoms. The van der Waals surface area contributed by atoms with Crippen molar-refractivity contribution in [1.82, 2.24) is 0 Å². The number of primary sulfonamides is 1. The molecule has 1 aliphatic rings. The van der Waals surface area contributed by atoms with Gasteiger partial charge in [-0.15, -0.1) is 0 Å². The normalized spacial score (nSPS) is 17.3. The standard InChI is InChI=1S/C14H15BrN4O2S/c1-8-4-2-3-5-11(8)19-12-7-13(22(17,20)21)9(15)6-10(12)18-14(19)16/h2-7,14,18H,16H2,1H3,(H2,17,20,21). The first-order chi connectivity index (χ1) is 10.3. The van der Waals surface area contributed by atoms with E-state index in [0.717, 1.165) is 16.9 Å². The van der Waals surface area contributed by atoms with Crippen LogP contribution in [0.2, 0.25) is 0 Å². The quantitative estimate of drug-likeness (QED) is 0.738. The zero-order valence-electron chi connectivity index (χ0n) is 11.7. The first kappa shape index (κ1) is 15.3. The molecule has 2 aromatic rings. The molecule has 0 fully saturated rings. The third-order valence-electron chi connectivity index (χ3n) is 3.57. The molecule has 3 rings (SSSR count). The summed E-state index contributed by atoms with van der Waals surface area (Å²) in [5.74, 6) is 0. The van der Waals surface area contributed by atoms with Gasteiger partial charge in [0.2, 0.25) is 10.0 Å². The minimum Gasteiger partial charge on any atom is -0.351 e. The topological polar surface area (TPSA) is 101 Å². The van der Waals surface area contributed by atoms with E-state index in [1.807, 2.05) is 36.1 Å². The van der Waals surface area contributed by atoms with E-state index in [9.17, 15) is 8.42 Å². The van der Waals surface area contributed by atoms with E-state index >= 15 is 0 Å². The number of rotatable bonds is 2. The molecule has 1 heterocycles. The summed E-state index contributed by atoms with van der Waals surface area (Å²) < 4.78 is 23.8. The van der Waals surface area contributed by atoms with Crippen LogP contribution in [0, 0.1) is 6.92 Å². The van der Waals surface area contributed by atoms with Gasteiger partial charge in [-0.3, -0.25) is 5.73 Å². The Morgan fingerprint density at radius 3 is 2.55 bits per heavy atom. The maximum Gasteiger partial charge on any atom is 0.239 e. The molecular formula is C14H15BrN4O2S. The van der Waals surface area contributed by atoms with Gasteiger partial charge >= 0.3 is 0 Å². The molecule has 5 N–H and O–H groups in total. The largest absolute Gasteiger partial charge is 0.351 e. The van der Waals surface area contributed by atoms with Crippen LogP contribution in [0.5, 0.6) is 0 Å². The number of nitrogens with two attached hydrogens (primary N) is 2. The molecule has 0 radical (unpaired) electrons. The molecule has 0 amide bonds. The van der Waals surface area contributed by atoms with Crippen molar-refractivity contribution in [2.24, 2.45) is 10.9 Å². The van der Waals surface area contributed by atoms with Gasteiger partial charge in [-0.2, -0.15) is 0 Å². The lowest BCUT2D eigenvalue weighted by atomic mass is 10.1.